The predicted octanol–water partition coefficient (Wildman–Crippen LogP) is 2.77. The summed E-state index contributed by atoms with van der Waals surface area (Å²) in [4.78, 5) is 4.27. The summed E-state index contributed by atoms with van der Waals surface area (Å²) in [5.41, 5.74) is 3.29. The number of aliphatic imine (C=N–C) groups is 1. The topological polar surface area (TPSA) is 24.4 Å². The summed E-state index contributed by atoms with van der Waals surface area (Å²) in [7, 11) is 1.88. The third-order valence-electron chi connectivity index (χ3n) is 2.37. The average molecular weight is 210 g/mol. The summed E-state index contributed by atoms with van der Waals surface area (Å²) in [6.45, 7) is 0. The van der Waals surface area contributed by atoms with Gasteiger partial charge in [-0.25, -0.2) is 0 Å². The zero-order chi connectivity index (χ0) is 11.2. The molecule has 1 heterocycles. The van der Waals surface area contributed by atoms with E-state index in [0.717, 1.165) is 11.3 Å². The van der Waals surface area contributed by atoms with E-state index in [1.165, 1.54) is 5.56 Å². The van der Waals surface area contributed by atoms with E-state index in [0.29, 0.717) is 0 Å². The van der Waals surface area contributed by atoms with E-state index in [1.807, 2.05) is 49.8 Å². The van der Waals surface area contributed by atoms with Crippen LogP contribution in [0.3, 0.4) is 0 Å². The third-order valence-corrected chi connectivity index (χ3v) is 2.37. The van der Waals surface area contributed by atoms with Gasteiger partial charge in [0.15, 0.2) is 0 Å². The van der Waals surface area contributed by atoms with E-state index in [1.54, 1.807) is 0 Å². The first-order valence-electron chi connectivity index (χ1n) is 5.25. The molecule has 2 nitrogen and oxygen atoms in total. The monoisotopic (exact) mass is 210 g/mol. The van der Waals surface area contributed by atoms with Crippen molar-refractivity contribution in [1.29, 1.82) is 0 Å². The van der Waals surface area contributed by atoms with Gasteiger partial charge in [0.2, 0.25) is 0 Å². The van der Waals surface area contributed by atoms with Crippen LogP contribution in [0.2, 0.25) is 0 Å². The molecule has 1 aromatic carbocycles. The lowest BCUT2D eigenvalue weighted by molar-refractivity contribution is 1.02. The molecule has 0 bridgehead atoms. The molecule has 0 saturated carbocycles. The summed E-state index contributed by atoms with van der Waals surface area (Å²) in [6, 6.07) is 10.2. The second-order valence-electron chi connectivity index (χ2n) is 3.46. The number of hydrogen-bond acceptors (Lipinski definition) is 2. The van der Waals surface area contributed by atoms with Crippen molar-refractivity contribution in [2.24, 2.45) is 4.99 Å². The van der Waals surface area contributed by atoms with Crippen LogP contribution >= 0.6 is 0 Å². The largest absolute Gasteiger partial charge is 0.387 e. The first-order valence-corrected chi connectivity index (χ1v) is 5.25. The van der Waals surface area contributed by atoms with Crippen molar-refractivity contribution in [2.45, 2.75) is 0 Å². The van der Waals surface area contributed by atoms with Crippen LogP contribution in [-0.2, 0) is 0 Å². The van der Waals surface area contributed by atoms with Crippen LogP contribution in [0.1, 0.15) is 5.56 Å². The van der Waals surface area contributed by atoms with Crippen LogP contribution in [0.5, 0.6) is 0 Å². The van der Waals surface area contributed by atoms with E-state index >= 15 is 0 Å². The predicted molar refractivity (Wildman–Crippen MR) is 69.2 cm³/mol. The van der Waals surface area contributed by atoms with Gasteiger partial charge in [0, 0.05) is 19.5 Å². The molecule has 1 aliphatic rings. The maximum absolute atomic E-state index is 4.27. The fourth-order valence-corrected chi connectivity index (χ4v) is 1.49. The molecule has 0 unspecified atom stereocenters. The Balaban J connectivity index is 2.27. The SMILES string of the molecule is CNC1=CN=C/C(c2ccccc2)=C\C=C1. The first kappa shape index (κ1) is 10.4. The van der Waals surface area contributed by atoms with Gasteiger partial charge in [-0.2, -0.15) is 0 Å². The third kappa shape index (κ3) is 2.48. The first-order chi connectivity index (χ1) is 7.90. The van der Waals surface area contributed by atoms with E-state index < -0.39 is 0 Å². The Morgan fingerprint density at radius 1 is 1.12 bits per heavy atom. The van der Waals surface area contributed by atoms with Gasteiger partial charge >= 0.3 is 0 Å². The molecule has 0 saturated heterocycles. The second kappa shape index (κ2) is 5.12. The smallest absolute Gasteiger partial charge is 0.0523 e. The highest BCUT2D eigenvalue weighted by Gasteiger charge is 1.97. The number of likely N-dealkylation sites (N-methyl/N-ethyl adjacent to an activating group) is 1. The van der Waals surface area contributed by atoms with Gasteiger partial charge in [0.25, 0.3) is 0 Å². The van der Waals surface area contributed by atoms with Gasteiger partial charge in [-0.15, -0.1) is 0 Å². The summed E-state index contributed by atoms with van der Waals surface area (Å²) < 4.78 is 0. The van der Waals surface area contributed by atoms with Gasteiger partial charge < -0.3 is 5.32 Å². The number of nitrogens with zero attached hydrogens (tertiary/aromatic N) is 1. The maximum atomic E-state index is 4.27. The van der Waals surface area contributed by atoms with Crippen molar-refractivity contribution in [1.82, 2.24) is 5.32 Å². The highest BCUT2D eigenvalue weighted by Crippen LogP contribution is 2.13. The van der Waals surface area contributed by atoms with Gasteiger partial charge in [-0.05, 0) is 17.2 Å². The highest BCUT2D eigenvalue weighted by molar-refractivity contribution is 6.10. The number of benzene rings is 1. The van der Waals surface area contributed by atoms with Crippen molar-refractivity contribution in [2.75, 3.05) is 7.05 Å². The molecule has 0 fully saturated rings. The van der Waals surface area contributed by atoms with Crippen molar-refractivity contribution in [3.8, 4) is 0 Å². The van der Waals surface area contributed by atoms with E-state index in [2.05, 4.69) is 28.5 Å². The normalized spacial score (nSPS) is 18.1. The molecule has 0 aliphatic carbocycles. The Kier molecular flexibility index (Phi) is 3.34. The molecule has 0 atom stereocenters. The quantitative estimate of drug-likeness (QED) is 0.797. The fourth-order valence-electron chi connectivity index (χ4n) is 1.49. The van der Waals surface area contributed by atoms with Crippen molar-refractivity contribution in [3.63, 3.8) is 0 Å². The van der Waals surface area contributed by atoms with Crippen LogP contribution in [-0.4, -0.2) is 13.3 Å². The lowest BCUT2D eigenvalue weighted by atomic mass is 10.1. The number of allylic oxidation sites excluding steroid dienone is 4. The Morgan fingerprint density at radius 3 is 2.69 bits per heavy atom. The molecule has 0 aromatic heterocycles. The molecule has 2 heteroatoms. The molecule has 1 N–H and O–H groups in total. The molecule has 16 heavy (non-hydrogen) atoms. The Hall–Kier alpha value is -2.09. The minimum Gasteiger partial charge on any atom is -0.387 e. The molecule has 80 valence electrons. The summed E-state index contributed by atoms with van der Waals surface area (Å²) >= 11 is 0. The molecular weight excluding hydrogens is 196 g/mol. The van der Waals surface area contributed by atoms with Crippen LogP contribution < -0.4 is 5.32 Å². The fraction of sp³-hybridized carbons (Fsp3) is 0.0714. The Labute approximate surface area is 95.7 Å². The molecular formula is C14H14N2. The molecule has 1 aromatic rings. The Bertz CT molecular complexity index is 465. The summed E-state index contributed by atoms with van der Waals surface area (Å²) in [5.74, 6) is 0. The van der Waals surface area contributed by atoms with Gasteiger partial charge in [0.1, 0.15) is 0 Å². The number of hydrogen-bond donors (Lipinski definition) is 1. The average Bonchev–Trinajstić information content (AvgIpc) is 2.30. The minimum absolute atomic E-state index is 1.000. The Morgan fingerprint density at radius 2 is 1.94 bits per heavy atom. The minimum atomic E-state index is 1.000. The van der Waals surface area contributed by atoms with E-state index in [9.17, 15) is 0 Å². The van der Waals surface area contributed by atoms with Crippen molar-refractivity contribution >= 4 is 11.8 Å². The standard InChI is InChI=1S/C14H14N2/c1-15-14-9-5-8-13(10-16-11-14)12-6-3-2-4-7-12/h2-11,15H,1H3/b8-5?,9-5?,13-8+,13-10?,14-9?,14-11?,16-10?,16-11?. The van der Waals surface area contributed by atoms with Crippen LogP contribution in [0.15, 0.2) is 65.4 Å². The molecule has 2 rings (SSSR count). The molecule has 0 amide bonds. The van der Waals surface area contributed by atoms with E-state index in [-0.39, 0.29) is 0 Å². The molecule has 1 aliphatic heterocycles. The summed E-state index contributed by atoms with van der Waals surface area (Å²) in [6.07, 6.45) is 9.76. The zero-order valence-corrected chi connectivity index (χ0v) is 9.22. The van der Waals surface area contributed by atoms with Crippen LogP contribution in [0, 0.1) is 0 Å². The molecule has 0 spiro atoms. The van der Waals surface area contributed by atoms with Crippen molar-refractivity contribution < 1.29 is 0 Å². The lowest BCUT2D eigenvalue weighted by Gasteiger charge is -2.03. The van der Waals surface area contributed by atoms with Gasteiger partial charge in [0.05, 0.1) is 5.70 Å². The number of nitrogens with one attached hydrogen (secondary N) is 1. The van der Waals surface area contributed by atoms with Crippen molar-refractivity contribution in [3.05, 3.63) is 66.0 Å². The summed E-state index contributed by atoms with van der Waals surface area (Å²) in [5, 5.41) is 3.06. The molecule has 0 radical (unpaired) electrons. The number of rotatable bonds is 2. The second-order valence-corrected chi connectivity index (χ2v) is 3.46. The van der Waals surface area contributed by atoms with Crippen LogP contribution in [0.25, 0.3) is 5.57 Å². The van der Waals surface area contributed by atoms with Crippen LogP contribution in [0.4, 0.5) is 0 Å². The highest BCUT2D eigenvalue weighted by atomic mass is 14.9. The van der Waals surface area contributed by atoms with Gasteiger partial charge in [-0.1, -0.05) is 42.5 Å². The maximum Gasteiger partial charge on any atom is 0.0523 e. The lowest BCUT2D eigenvalue weighted by Crippen LogP contribution is -2.02. The zero-order valence-electron chi connectivity index (χ0n) is 9.22. The van der Waals surface area contributed by atoms with E-state index in [4.69, 9.17) is 0 Å². The van der Waals surface area contributed by atoms with Gasteiger partial charge in [-0.3, -0.25) is 4.99 Å².